The van der Waals surface area contributed by atoms with Crippen molar-refractivity contribution in [3.05, 3.63) is 28.8 Å². The highest BCUT2D eigenvalue weighted by molar-refractivity contribution is 6.31. The number of hydrogen-bond donors (Lipinski definition) is 2. The van der Waals surface area contributed by atoms with Crippen molar-refractivity contribution in [2.45, 2.75) is 32.2 Å². The summed E-state index contributed by atoms with van der Waals surface area (Å²) in [5, 5.41) is 6.11. The molecule has 1 atom stereocenters. The third-order valence-corrected chi connectivity index (χ3v) is 3.48. The molecule has 1 aromatic carbocycles. The Balaban J connectivity index is 2.00. The molecule has 2 rings (SSSR count). The maximum atomic E-state index is 12.3. The first-order valence-electron chi connectivity index (χ1n) is 7.10. The van der Waals surface area contributed by atoms with E-state index in [2.05, 4.69) is 10.6 Å². The standard InChI is InChI=1S/C15H19ClN2O3/c1-2-7-21-13-5-3-10(16)8-12(13)15(20)17-9-11-4-6-14(19)18-11/h3,5,8,11H,2,4,6-7,9H2,1H3,(H,17,20)(H,18,19)/t11-/m1/s1. The lowest BCUT2D eigenvalue weighted by Crippen LogP contribution is -2.38. The molecule has 0 spiro atoms. The Morgan fingerprint density at radius 1 is 1.52 bits per heavy atom. The van der Waals surface area contributed by atoms with Gasteiger partial charge in [-0.15, -0.1) is 0 Å². The maximum Gasteiger partial charge on any atom is 0.255 e. The summed E-state index contributed by atoms with van der Waals surface area (Å²) in [5.74, 6) is 0.308. The molecule has 1 heterocycles. The van der Waals surface area contributed by atoms with Gasteiger partial charge in [0.2, 0.25) is 5.91 Å². The first-order valence-corrected chi connectivity index (χ1v) is 7.48. The van der Waals surface area contributed by atoms with Gasteiger partial charge in [0.05, 0.1) is 12.2 Å². The van der Waals surface area contributed by atoms with Crippen molar-refractivity contribution in [2.75, 3.05) is 13.2 Å². The molecule has 0 unspecified atom stereocenters. The van der Waals surface area contributed by atoms with E-state index in [9.17, 15) is 9.59 Å². The van der Waals surface area contributed by atoms with Crippen molar-refractivity contribution in [3.8, 4) is 5.75 Å². The van der Waals surface area contributed by atoms with Gasteiger partial charge in [-0.3, -0.25) is 9.59 Å². The van der Waals surface area contributed by atoms with E-state index in [-0.39, 0.29) is 17.9 Å². The van der Waals surface area contributed by atoms with Crippen LogP contribution < -0.4 is 15.4 Å². The highest BCUT2D eigenvalue weighted by atomic mass is 35.5. The summed E-state index contributed by atoms with van der Waals surface area (Å²) >= 11 is 5.95. The lowest BCUT2D eigenvalue weighted by Gasteiger charge is -2.14. The van der Waals surface area contributed by atoms with Crippen LogP contribution in [0.5, 0.6) is 5.75 Å². The van der Waals surface area contributed by atoms with Crippen LogP contribution in [0.15, 0.2) is 18.2 Å². The second-order valence-electron chi connectivity index (χ2n) is 5.00. The quantitative estimate of drug-likeness (QED) is 0.846. The van der Waals surface area contributed by atoms with Gasteiger partial charge in [-0.2, -0.15) is 0 Å². The monoisotopic (exact) mass is 310 g/mol. The fraction of sp³-hybridized carbons (Fsp3) is 0.467. The fourth-order valence-corrected chi connectivity index (χ4v) is 2.33. The van der Waals surface area contributed by atoms with Crippen molar-refractivity contribution >= 4 is 23.4 Å². The number of nitrogens with one attached hydrogen (secondary N) is 2. The third-order valence-electron chi connectivity index (χ3n) is 3.24. The van der Waals surface area contributed by atoms with E-state index in [1.807, 2.05) is 6.92 Å². The first kappa shape index (κ1) is 15.6. The Bertz CT molecular complexity index is 534. The normalized spacial score (nSPS) is 17.4. The highest BCUT2D eigenvalue weighted by Crippen LogP contribution is 2.23. The predicted molar refractivity (Wildman–Crippen MR) is 80.7 cm³/mol. The van der Waals surface area contributed by atoms with Crippen LogP contribution in [0, 0.1) is 0 Å². The van der Waals surface area contributed by atoms with Crippen LogP contribution in [-0.2, 0) is 4.79 Å². The summed E-state index contributed by atoms with van der Waals surface area (Å²) in [5.41, 5.74) is 0.417. The molecule has 0 radical (unpaired) electrons. The molecule has 2 amide bonds. The molecule has 0 saturated carbocycles. The number of amides is 2. The van der Waals surface area contributed by atoms with E-state index in [1.54, 1.807) is 18.2 Å². The summed E-state index contributed by atoms with van der Waals surface area (Å²) in [6.07, 6.45) is 2.12. The number of hydrogen-bond acceptors (Lipinski definition) is 3. The number of rotatable bonds is 6. The van der Waals surface area contributed by atoms with Gasteiger partial charge in [-0.25, -0.2) is 0 Å². The third kappa shape index (κ3) is 4.36. The zero-order chi connectivity index (χ0) is 15.2. The predicted octanol–water partition coefficient (Wildman–Crippen LogP) is 2.14. The SMILES string of the molecule is CCCOc1ccc(Cl)cc1C(=O)NC[C@H]1CCC(=O)N1. The smallest absolute Gasteiger partial charge is 0.255 e. The van der Waals surface area contributed by atoms with E-state index in [0.29, 0.717) is 35.9 Å². The van der Waals surface area contributed by atoms with E-state index >= 15 is 0 Å². The lowest BCUT2D eigenvalue weighted by molar-refractivity contribution is -0.119. The van der Waals surface area contributed by atoms with Crippen molar-refractivity contribution in [2.24, 2.45) is 0 Å². The molecule has 1 saturated heterocycles. The average molecular weight is 311 g/mol. The number of carbonyl (C=O) groups excluding carboxylic acids is 2. The molecular weight excluding hydrogens is 292 g/mol. The Labute approximate surface area is 129 Å². The summed E-state index contributed by atoms with van der Waals surface area (Å²) in [6.45, 7) is 2.95. The van der Waals surface area contributed by atoms with Gasteiger partial charge in [0, 0.05) is 24.0 Å². The first-order chi connectivity index (χ1) is 10.1. The summed E-state index contributed by atoms with van der Waals surface area (Å²) < 4.78 is 5.56. The van der Waals surface area contributed by atoms with Crippen LogP contribution in [0.1, 0.15) is 36.5 Å². The Hall–Kier alpha value is -1.75. The molecule has 5 nitrogen and oxygen atoms in total. The summed E-state index contributed by atoms with van der Waals surface area (Å²) in [7, 11) is 0. The zero-order valence-corrected chi connectivity index (χ0v) is 12.7. The summed E-state index contributed by atoms with van der Waals surface area (Å²) in [4.78, 5) is 23.4. The van der Waals surface area contributed by atoms with Crippen molar-refractivity contribution in [3.63, 3.8) is 0 Å². The van der Waals surface area contributed by atoms with Gasteiger partial charge in [0.1, 0.15) is 5.75 Å². The minimum Gasteiger partial charge on any atom is -0.493 e. The maximum absolute atomic E-state index is 12.3. The number of benzene rings is 1. The van der Waals surface area contributed by atoms with Crippen molar-refractivity contribution < 1.29 is 14.3 Å². The van der Waals surface area contributed by atoms with E-state index in [1.165, 1.54) is 0 Å². The van der Waals surface area contributed by atoms with Gasteiger partial charge in [-0.1, -0.05) is 18.5 Å². The molecule has 1 fully saturated rings. The van der Waals surface area contributed by atoms with Crippen LogP contribution in [0.2, 0.25) is 5.02 Å². The molecule has 2 N–H and O–H groups in total. The van der Waals surface area contributed by atoms with Gasteiger partial charge >= 0.3 is 0 Å². The minimum absolute atomic E-state index is 0.000597. The van der Waals surface area contributed by atoms with Gasteiger partial charge < -0.3 is 15.4 Å². The van der Waals surface area contributed by atoms with E-state index in [4.69, 9.17) is 16.3 Å². The van der Waals surface area contributed by atoms with Crippen LogP contribution >= 0.6 is 11.6 Å². The Morgan fingerprint density at radius 2 is 2.33 bits per heavy atom. The van der Waals surface area contributed by atoms with Gasteiger partial charge in [0.25, 0.3) is 5.91 Å². The van der Waals surface area contributed by atoms with Crippen molar-refractivity contribution in [1.29, 1.82) is 0 Å². The molecule has 114 valence electrons. The zero-order valence-electron chi connectivity index (χ0n) is 11.9. The average Bonchev–Trinajstić information content (AvgIpc) is 2.89. The minimum atomic E-state index is -0.246. The van der Waals surface area contributed by atoms with Crippen LogP contribution in [0.4, 0.5) is 0 Å². The van der Waals surface area contributed by atoms with Crippen LogP contribution in [0.25, 0.3) is 0 Å². The lowest BCUT2D eigenvalue weighted by atomic mass is 10.1. The topological polar surface area (TPSA) is 67.4 Å². The van der Waals surface area contributed by atoms with E-state index in [0.717, 1.165) is 12.8 Å². The molecular formula is C15H19ClN2O3. The molecule has 0 aromatic heterocycles. The number of carbonyl (C=O) groups is 2. The number of halogens is 1. The second-order valence-corrected chi connectivity index (χ2v) is 5.44. The molecule has 0 aliphatic carbocycles. The molecule has 1 aliphatic rings. The van der Waals surface area contributed by atoms with Crippen LogP contribution in [-0.4, -0.2) is 31.0 Å². The number of ether oxygens (including phenoxy) is 1. The Kier molecular flexibility index (Phi) is 5.44. The molecule has 1 aromatic rings. The largest absolute Gasteiger partial charge is 0.493 e. The fourth-order valence-electron chi connectivity index (χ4n) is 2.16. The molecule has 0 bridgehead atoms. The van der Waals surface area contributed by atoms with Crippen molar-refractivity contribution in [1.82, 2.24) is 10.6 Å². The van der Waals surface area contributed by atoms with E-state index < -0.39 is 0 Å². The summed E-state index contributed by atoms with van der Waals surface area (Å²) in [6, 6.07) is 4.99. The van der Waals surface area contributed by atoms with Gasteiger partial charge in [0.15, 0.2) is 0 Å². The van der Waals surface area contributed by atoms with Gasteiger partial charge in [-0.05, 0) is 31.0 Å². The second kappa shape index (κ2) is 7.31. The molecule has 21 heavy (non-hydrogen) atoms. The molecule has 1 aliphatic heterocycles. The highest BCUT2D eigenvalue weighted by Gasteiger charge is 2.22. The Morgan fingerprint density at radius 3 is 3.00 bits per heavy atom. The molecule has 6 heteroatoms. The van der Waals surface area contributed by atoms with Crippen LogP contribution in [0.3, 0.4) is 0 Å².